The van der Waals surface area contributed by atoms with Crippen molar-refractivity contribution in [3.05, 3.63) is 72.9 Å². The second-order valence-corrected chi connectivity index (χ2v) is 5.20. The fourth-order valence-electron chi connectivity index (χ4n) is 1.81. The molecule has 0 aliphatic carbocycles. The Balaban J connectivity index is 3.48. The Morgan fingerprint density at radius 3 is 1.05 bits per heavy atom. The Morgan fingerprint density at radius 1 is 0.409 bits per heavy atom. The standard InChI is InChI=1S/C22H34/c1-3-5-7-9-11-13-15-17-19-21-22-20-18-16-14-12-10-8-6-4-2/h5,7-8,10-11,13-14,16-17,19-20,22H,3-4,6,9,12,15,18,21H2,1-2H3. The molecule has 22 heavy (non-hydrogen) atoms. The second-order valence-electron chi connectivity index (χ2n) is 5.20. The first kappa shape index (κ1) is 20.4. The molecule has 0 radical (unpaired) electrons. The maximum atomic E-state index is 2.26. The van der Waals surface area contributed by atoms with Crippen molar-refractivity contribution in [1.82, 2.24) is 0 Å². The monoisotopic (exact) mass is 298 g/mol. The molecule has 0 unspecified atom stereocenters. The molecule has 0 saturated carbocycles. The van der Waals surface area contributed by atoms with Crippen molar-refractivity contribution in [2.24, 2.45) is 0 Å². The summed E-state index contributed by atoms with van der Waals surface area (Å²) >= 11 is 0. The third kappa shape index (κ3) is 18.4. The molecule has 0 bridgehead atoms. The highest BCUT2D eigenvalue weighted by Crippen LogP contribution is 1.97. The Bertz CT molecular complexity index is 375. The molecule has 0 rings (SSSR count). The van der Waals surface area contributed by atoms with Crippen molar-refractivity contribution in [2.75, 3.05) is 0 Å². The average Bonchev–Trinajstić information content (AvgIpc) is 2.54. The van der Waals surface area contributed by atoms with Crippen molar-refractivity contribution in [3.63, 3.8) is 0 Å². The average molecular weight is 299 g/mol. The smallest absolute Gasteiger partial charge is 0.0169 e. The van der Waals surface area contributed by atoms with Crippen molar-refractivity contribution >= 4 is 0 Å². The third-order valence-electron chi connectivity index (χ3n) is 3.05. The van der Waals surface area contributed by atoms with Crippen LogP contribution in [-0.4, -0.2) is 0 Å². The van der Waals surface area contributed by atoms with Gasteiger partial charge in [0.25, 0.3) is 0 Å². The minimum Gasteiger partial charge on any atom is -0.0885 e. The van der Waals surface area contributed by atoms with Gasteiger partial charge in [-0.15, -0.1) is 0 Å². The van der Waals surface area contributed by atoms with Gasteiger partial charge in [0.05, 0.1) is 0 Å². The molecule has 0 aromatic carbocycles. The maximum Gasteiger partial charge on any atom is -0.0169 e. The van der Waals surface area contributed by atoms with Gasteiger partial charge in [0, 0.05) is 0 Å². The lowest BCUT2D eigenvalue weighted by atomic mass is 10.2. The van der Waals surface area contributed by atoms with Crippen molar-refractivity contribution in [3.8, 4) is 0 Å². The van der Waals surface area contributed by atoms with Gasteiger partial charge in [-0.2, -0.15) is 0 Å². The molecule has 0 fully saturated rings. The zero-order valence-corrected chi connectivity index (χ0v) is 14.6. The lowest BCUT2D eigenvalue weighted by Gasteiger charge is -1.86. The van der Waals surface area contributed by atoms with E-state index in [1.807, 2.05) is 0 Å². The number of allylic oxidation sites excluding steroid dienone is 12. The molecule has 0 amide bonds. The van der Waals surface area contributed by atoms with E-state index in [-0.39, 0.29) is 0 Å². The van der Waals surface area contributed by atoms with Gasteiger partial charge in [-0.25, -0.2) is 0 Å². The molecular formula is C22H34. The van der Waals surface area contributed by atoms with Gasteiger partial charge in [0.1, 0.15) is 0 Å². The zero-order chi connectivity index (χ0) is 16.1. The van der Waals surface area contributed by atoms with Crippen LogP contribution in [0.3, 0.4) is 0 Å². The fraction of sp³-hybridized carbons (Fsp3) is 0.455. The Morgan fingerprint density at radius 2 is 0.727 bits per heavy atom. The van der Waals surface area contributed by atoms with E-state index in [4.69, 9.17) is 0 Å². The van der Waals surface area contributed by atoms with E-state index < -0.39 is 0 Å². The van der Waals surface area contributed by atoms with Crippen LogP contribution < -0.4 is 0 Å². The summed E-state index contributed by atoms with van der Waals surface area (Å²) in [6, 6.07) is 0. The van der Waals surface area contributed by atoms with Crippen LogP contribution in [0.4, 0.5) is 0 Å². The van der Waals surface area contributed by atoms with Gasteiger partial charge in [0.2, 0.25) is 0 Å². The first-order chi connectivity index (χ1) is 10.9. The number of hydrogen-bond acceptors (Lipinski definition) is 0. The SMILES string of the molecule is CCC=CCC=CCC=CCC=CCC=CCC=CCCC. The molecule has 0 aromatic rings. The van der Waals surface area contributed by atoms with Gasteiger partial charge in [-0.1, -0.05) is 93.2 Å². The van der Waals surface area contributed by atoms with Gasteiger partial charge in [0.15, 0.2) is 0 Å². The van der Waals surface area contributed by atoms with E-state index in [1.54, 1.807) is 0 Å². The summed E-state index contributed by atoms with van der Waals surface area (Å²) in [6.45, 7) is 4.37. The van der Waals surface area contributed by atoms with Crippen molar-refractivity contribution < 1.29 is 0 Å². The van der Waals surface area contributed by atoms with Gasteiger partial charge < -0.3 is 0 Å². The van der Waals surface area contributed by atoms with E-state index in [2.05, 4.69) is 86.8 Å². The molecule has 0 atom stereocenters. The van der Waals surface area contributed by atoms with Crippen LogP contribution in [0.25, 0.3) is 0 Å². The van der Waals surface area contributed by atoms with E-state index in [0.717, 1.165) is 38.5 Å². The minimum absolute atomic E-state index is 1.04. The highest BCUT2D eigenvalue weighted by Gasteiger charge is 1.76. The summed E-state index contributed by atoms with van der Waals surface area (Å²) in [5, 5.41) is 0. The van der Waals surface area contributed by atoms with E-state index in [0.29, 0.717) is 0 Å². The van der Waals surface area contributed by atoms with E-state index in [9.17, 15) is 0 Å². The molecule has 0 aliphatic rings. The largest absolute Gasteiger partial charge is 0.0885 e. The predicted octanol–water partition coefficient (Wildman–Crippen LogP) is 7.48. The van der Waals surface area contributed by atoms with Crippen LogP contribution in [-0.2, 0) is 0 Å². The summed E-state index contributed by atoms with van der Waals surface area (Å²) in [5.41, 5.74) is 0. The molecular weight excluding hydrogens is 264 g/mol. The maximum absolute atomic E-state index is 2.26. The van der Waals surface area contributed by atoms with E-state index >= 15 is 0 Å². The summed E-state index contributed by atoms with van der Waals surface area (Å²) < 4.78 is 0. The van der Waals surface area contributed by atoms with Crippen LogP contribution in [0.5, 0.6) is 0 Å². The summed E-state index contributed by atoms with van der Waals surface area (Å²) in [6.07, 6.45) is 35.6. The fourth-order valence-corrected chi connectivity index (χ4v) is 1.81. The van der Waals surface area contributed by atoms with E-state index in [1.165, 1.54) is 12.8 Å². The lowest BCUT2D eigenvalue weighted by Crippen LogP contribution is -1.65. The van der Waals surface area contributed by atoms with Gasteiger partial charge >= 0.3 is 0 Å². The van der Waals surface area contributed by atoms with Crippen molar-refractivity contribution in [1.29, 1.82) is 0 Å². The molecule has 0 aromatic heterocycles. The predicted molar refractivity (Wildman–Crippen MR) is 103 cm³/mol. The lowest BCUT2D eigenvalue weighted by molar-refractivity contribution is 0.954. The molecule has 0 spiro atoms. The molecule has 0 nitrogen and oxygen atoms in total. The van der Waals surface area contributed by atoms with Crippen LogP contribution in [0.15, 0.2) is 72.9 Å². The van der Waals surface area contributed by atoms with Crippen molar-refractivity contribution in [2.45, 2.75) is 65.2 Å². The number of hydrogen-bond donors (Lipinski definition) is 0. The van der Waals surface area contributed by atoms with Crippen LogP contribution >= 0.6 is 0 Å². The number of unbranched alkanes of at least 4 members (excludes halogenated alkanes) is 1. The highest BCUT2D eigenvalue weighted by atomic mass is 13.8. The Kier molecular flexibility index (Phi) is 18.1. The highest BCUT2D eigenvalue weighted by molar-refractivity contribution is 5.01. The molecule has 0 heterocycles. The summed E-state index contributed by atoms with van der Waals surface area (Å²) in [7, 11) is 0. The summed E-state index contributed by atoms with van der Waals surface area (Å²) in [4.78, 5) is 0. The molecule has 0 heteroatoms. The normalized spacial score (nSPS) is 13.4. The first-order valence-electron chi connectivity index (χ1n) is 8.81. The molecule has 0 aliphatic heterocycles. The zero-order valence-electron chi connectivity index (χ0n) is 14.6. The second kappa shape index (κ2) is 19.4. The Hall–Kier alpha value is -1.56. The minimum atomic E-state index is 1.04. The molecule has 0 N–H and O–H groups in total. The first-order valence-corrected chi connectivity index (χ1v) is 8.81. The number of rotatable bonds is 13. The van der Waals surface area contributed by atoms with Gasteiger partial charge in [-0.3, -0.25) is 0 Å². The quantitative estimate of drug-likeness (QED) is 0.309. The van der Waals surface area contributed by atoms with Crippen LogP contribution in [0.2, 0.25) is 0 Å². The summed E-state index contributed by atoms with van der Waals surface area (Å²) in [5.74, 6) is 0. The third-order valence-corrected chi connectivity index (χ3v) is 3.05. The van der Waals surface area contributed by atoms with Gasteiger partial charge in [-0.05, 0) is 44.9 Å². The van der Waals surface area contributed by atoms with Crippen LogP contribution in [0.1, 0.15) is 65.2 Å². The molecule has 122 valence electrons. The molecule has 0 saturated heterocycles. The van der Waals surface area contributed by atoms with Crippen LogP contribution in [0, 0.1) is 0 Å². The topological polar surface area (TPSA) is 0 Å². The Labute approximate surface area is 138 Å².